The maximum atomic E-state index is 12.4. The van der Waals surface area contributed by atoms with Crippen LogP contribution in [0.3, 0.4) is 0 Å². The maximum absolute atomic E-state index is 12.4. The first-order chi connectivity index (χ1) is 12.4. The number of benzene rings is 1. The van der Waals surface area contributed by atoms with Gasteiger partial charge in [0.15, 0.2) is 9.84 Å². The van der Waals surface area contributed by atoms with Crippen LogP contribution in [0.4, 0.5) is 0 Å². The molecule has 3 rings (SSSR count). The van der Waals surface area contributed by atoms with E-state index in [-0.39, 0.29) is 10.8 Å². The molecule has 1 fully saturated rings. The van der Waals surface area contributed by atoms with Gasteiger partial charge in [0, 0.05) is 50.1 Å². The van der Waals surface area contributed by atoms with Gasteiger partial charge in [-0.2, -0.15) is 0 Å². The smallest absolute Gasteiger partial charge is 0.238 e. The number of hydrogen-bond donors (Lipinski definition) is 0. The molecule has 1 aromatic carbocycles. The maximum Gasteiger partial charge on any atom is 0.238 e. The molecular weight excluding hydrogens is 374 g/mol. The molecule has 0 saturated carbocycles. The Balaban J connectivity index is 1.54. The summed E-state index contributed by atoms with van der Waals surface area (Å²) in [5.41, 5.74) is 1.12. The van der Waals surface area contributed by atoms with Crippen LogP contribution in [0.1, 0.15) is 5.56 Å². The van der Waals surface area contributed by atoms with E-state index >= 15 is 0 Å². The molecule has 1 aromatic heterocycles. The molecule has 2 heterocycles. The van der Waals surface area contributed by atoms with Crippen LogP contribution in [0, 0.1) is 0 Å². The molecule has 1 saturated heterocycles. The molecule has 26 heavy (non-hydrogen) atoms. The minimum atomic E-state index is -3.66. The highest BCUT2D eigenvalue weighted by atomic mass is 35.5. The summed E-state index contributed by atoms with van der Waals surface area (Å²) in [6, 6.07) is 9.79. The molecule has 138 valence electrons. The Labute approximate surface area is 158 Å². The number of pyridine rings is 1. The number of halogens is 1. The average Bonchev–Trinajstić information content (AvgIpc) is 2.63. The first-order valence-corrected chi connectivity index (χ1v) is 10.3. The highest BCUT2D eigenvalue weighted by molar-refractivity contribution is 7.92. The van der Waals surface area contributed by atoms with Crippen molar-refractivity contribution in [3.63, 3.8) is 0 Å². The van der Waals surface area contributed by atoms with Gasteiger partial charge < -0.3 is 4.90 Å². The zero-order valence-corrected chi connectivity index (χ0v) is 15.8. The van der Waals surface area contributed by atoms with Crippen LogP contribution < -0.4 is 0 Å². The zero-order chi connectivity index (χ0) is 18.6. The summed E-state index contributed by atoms with van der Waals surface area (Å²) >= 11 is 5.78. The van der Waals surface area contributed by atoms with Gasteiger partial charge in [0.25, 0.3) is 0 Å². The van der Waals surface area contributed by atoms with E-state index in [9.17, 15) is 13.2 Å². The van der Waals surface area contributed by atoms with E-state index in [0.717, 1.165) is 12.1 Å². The Kier molecular flexibility index (Phi) is 5.90. The van der Waals surface area contributed by atoms with Crippen molar-refractivity contribution in [2.24, 2.45) is 0 Å². The third-order valence-corrected chi connectivity index (χ3v) is 6.21. The Morgan fingerprint density at radius 1 is 1.08 bits per heavy atom. The van der Waals surface area contributed by atoms with Gasteiger partial charge in [-0.3, -0.25) is 14.7 Å². The molecule has 8 heteroatoms. The summed E-state index contributed by atoms with van der Waals surface area (Å²) in [6.07, 6.45) is 3.57. The molecule has 0 atom stereocenters. The lowest BCUT2D eigenvalue weighted by Crippen LogP contribution is -2.49. The van der Waals surface area contributed by atoms with Crippen LogP contribution in [-0.2, 0) is 21.2 Å². The Morgan fingerprint density at radius 2 is 1.77 bits per heavy atom. The van der Waals surface area contributed by atoms with Gasteiger partial charge in [0.2, 0.25) is 5.91 Å². The summed E-state index contributed by atoms with van der Waals surface area (Å²) in [4.78, 5) is 20.5. The second kappa shape index (κ2) is 8.16. The number of piperazine rings is 1. The highest BCUT2D eigenvalue weighted by Crippen LogP contribution is 2.16. The van der Waals surface area contributed by atoms with Crippen molar-refractivity contribution in [2.45, 2.75) is 11.4 Å². The molecule has 1 amide bonds. The molecule has 1 aliphatic rings. The molecule has 1 aliphatic heterocycles. The van der Waals surface area contributed by atoms with Crippen molar-refractivity contribution >= 4 is 27.3 Å². The van der Waals surface area contributed by atoms with E-state index in [1.807, 2.05) is 18.3 Å². The van der Waals surface area contributed by atoms with Crippen LogP contribution in [0.5, 0.6) is 0 Å². The molecule has 2 aromatic rings. The molecule has 0 bridgehead atoms. The van der Waals surface area contributed by atoms with E-state index in [2.05, 4.69) is 9.88 Å². The van der Waals surface area contributed by atoms with E-state index in [4.69, 9.17) is 11.6 Å². The predicted octanol–water partition coefficient (Wildman–Crippen LogP) is 1.85. The number of hydrogen-bond acceptors (Lipinski definition) is 5. The first kappa shape index (κ1) is 18.8. The van der Waals surface area contributed by atoms with Crippen molar-refractivity contribution in [1.29, 1.82) is 0 Å². The van der Waals surface area contributed by atoms with Gasteiger partial charge in [-0.05, 0) is 35.9 Å². The molecule has 0 aliphatic carbocycles. The lowest BCUT2D eigenvalue weighted by atomic mass is 10.2. The van der Waals surface area contributed by atoms with Gasteiger partial charge in [-0.25, -0.2) is 8.42 Å². The van der Waals surface area contributed by atoms with E-state index in [1.54, 1.807) is 11.1 Å². The normalized spacial score (nSPS) is 15.8. The molecule has 0 unspecified atom stereocenters. The lowest BCUT2D eigenvalue weighted by Gasteiger charge is -2.34. The number of sulfone groups is 1. The monoisotopic (exact) mass is 393 g/mol. The standard InChI is InChI=1S/C18H20ClN3O3S/c19-16-3-5-17(6-4-16)26(24,25)14-18(23)22-10-8-21(9-11-22)13-15-2-1-7-20-12-15/h1-7,12H,8-11,13-14H2. The molecular formula is C18H20ClN3O3S. The number of carbonyl (C=O) groups is 1. The number of aromatic nitrogens is 1. The highest BCUT2D eigenvalue weighted by Gasteiger charge is 2.26. The Morgan fingerprint density at radius 3 is 2.38 bits per heavy atom. The summed E-state index contributed by atoms with van der Waals surface area (Å²) in [5.74, 6) is -0.877. The van der Waals surface area contributed by atoms with Crippen molar-refractivity contribution in [3.8, 4) is 0 Å². The molecule has 0 radical (unpaired) electrons. The van der Waals surface area contributed by atoms with Crippen molar-refractivity contribution < 1.29 is 13.2 Å². The van der Waals surface area contributed by atoms with Crippen LogP contribution in [0.2, 0.25) is 5.02 Å². The van der Waals surface area contributed by atoms with Crippen molar-refractivity contribution in [1.82, 2.24) is 14.8 Å². The second-order valence-corrected chi connectivity index (χ2v) is 8.66. The number of amides is 1. The quantitative estimate of drug-likeness (QED) is 0.775. The number of carbonyl (C=O) groups excluding carboxylic acids is 1. The Hall–Kier alpha value is -1.96. The average molecular weight is 394 g/mol. The fraction of sp³-hybridized carbons (Fsp3) is 0.333. The molecule has 0 N–H and O–H groups in total. The van der Waals surface area contributed by atoms with Crippen LogP contribution in [-0.4, -0.2) is 61.0 Å². The third-order valence-electron chi connectivity index (χ3n) is 4.34. The number of nitrogens with zero attached hydrogens (tertiary/aromatic N) is 3. The minimum Gasteiger partial charge on any atom is -0.339 e. The predicted molar refractivity (Wildman–Crippen MR) is 99.6 cm³/mol. The van der Waals surface area contributed by atoms with E-state index in [1.165, 1.54) is 24.3 Å². The number of rotatable bonds is 5. The van der Waals surface area contributed by atoms with Crippen molar-refractivity contribution in [2.75, 3.05) is 31.9 Å². The third kappa shape index (κ3) is 4.81. The minimum absolute atomic E-state index is 0.116. The van der Waals surface area contributed by atoms with Gasteiger partial charge in [-0.1, -0.05) is 17.7 Å². The first-order valence-electron chi connectivity index (χ1n) is 8.31. The van der Waals surface area contributed by atoms with Crippen molar-refractivity contribution in [3.05, 3.63) is 59.4 Å². The van der Waals surface area contributed by atoms with E-state index < -0.39 is 15.6 Å². The summed E-state index contributed by atoms with van der Waals surface area (Å²) in [5, 5.41) is 0.458. The second-order valence-electron chi connectivity index (χ2n) is 6.23. The van der Waals surface area contributed by atoms with Gasteiger partial charge in [0.05, 0.1) is 4.90 Å². The van der Waals surface area contributed by atoms with Gasteiger partial charge in [0.1, 0.15) is 5.75 Å². The summed E-state index contributed by atoms with van der Waals surface area (Å²) < 4.78 is 24.8. The lowest BCUT2D eigenvalue weighted by molar-refractivity contribution is -0.130. The molecule has 0 spiro atoms. The summed E-state index contributed by atoms with van der Waals surface area (Å²) in [6.45, 7) is 3.24. The Bertz CT molecular complexity index is 849. The summed E-state index contributed by atoms with van der Waals surface area (Å²) in [7, 11) is -3.66. The molecule has 6 nitrogen and oxygen atoms in total. The van der Waals surface area contributed by atoms with Crippen LogP contribution >= 0.6 is 11.6 Å². The fourth-order valence-corrected chi connectivity index (χ4v) is 4.24. The topological polar surface area (TPSA) is 70.6 Å². The zero-order valence-electron chi connectivity index (χ0n) is 14.2. The van der Waals surface area contributed by atoms with Crippen LogP contribution in [0.15, 0.2) is 53.7 Å². The van der Waals surface area contributed by atoms with E-state index in [0.29, 0.717) is 31.2 Å². The fourth-order valence-electron chi connectivity index (χ4n) is 2.88. The van der Waals surface area contributed by atoms with Gasteiger partial charge in [-0.15, -0.1) is 0 Å². The largest absolute Gasteiger partial charge is 0.339 e. The van der Waals surface area contributed by atoms with Crippen LogP contribution in [0.25, 0.3) is 0 Å². The SMILES string of the molecule is O=C(CS(=O)(=O)c1ccc(Cl)cc1)N1CCN(Cc2cccnc2)CC1. The van der Waals surface area contributed by atoms with Gasteiger partial charge >= 0.3 is 0 Å².